The van der Waals surface area contributed by atoms with Crippen molar-refractivity contribution in [1.29, 1.82) is 0 Å². The molecule has 0 unspecified atom stereocenters. The lowest BCUT2D eigenvalue weighted by Gasteiger charge is -2.15. The zero-order valence-electron chi connectivity index (χ0n) is 26.6. The van der Waals surface area contributed by atoms with Gasteiger partial charge in [0, 0.05) is 21.9 Å². The molecule has 2 heteroatoms. The van der Waals surface area contributed by atoms with Crippen molar-refractivity contribution in [1.82, 2.24) is 9.38 Å². The van der Waals surface area contributed by atoms with Crippen molar-refractivity contribution in [2.75, 3.05) is 0 Å². The molecule has 1 aliphatic rings. The molecule has 8 aromatic carbocycles. The normalized spacial score (nSPS) is 12.1. The lowest BCUT2D eigenvalue weighted by Crippen LogP contribution is -1.96. The van der Waals surface area contributed by atoms with Crippen molar-refractivity contribution in [2.24, 2.45) is 0 Å². The van der Waals surface area contributed by atoms with Crippen molar-refractivity contribution >= 4 is 48.9 Å². The summed E-state index contributed by atoms with van der Waals surface area (Å²) in [5.41, 5.74) is 14.2. The number of hydrogen-bond acceptors (Lipinski definition) is 1. The molecule has 226 valence electrons. The molecule has 0 fully saturated rings. The van der Waals surface area contributed by atoms with E-state index in [4.69, 9.17) is 4.98 Å². The quantitative estimate of drug-likeness (QED) is 0.180. The minimum Gasteiger partial charge on any atom is -0.291 e. The summed E-state index contributed by atoms with van der Waals surface area (Å²) in [6.45, 7) is 0. The van der Waals surface area contributed by atoms with E-state index in [1.54, 1.807) is 0 Å². The molecule has 11 rings (SSSR count). The Morgan fingerprint density at radius 1 is 0.367 bits per heavy atom. The number of pyridine rings is 1. The van der Waals surface area contributed by atoms with Gasteiger partial charge in [0.15, 0.2) is 0 Å². The Bertz CT molecular complexity index is 2940. The lowest BCUT2D eigenvalue weighted by molar-refractivity contribution is 1.27. The Labute approximate surface area is 283 Å². The SMILES string of the molecule is c1ccc(-c2nc3c4c5ccccc5ccc4c4ccc(-c5ccc6c7c(cccc57)-c5ccccc5-6)cc4n3c2-c2ccccc2)cc1. The summed E-state index contributed by atoms with van der Waals surface area (Å²) in [7, 11) is 0. The molecule has 0 bridgehead atoms. The van der Waals surface area contributed by atoms with E-state index >= 15 is 0 Å². The van der Waals surface area contributed by atoms with Gasteiger partial charge in [0.25, 0.3) is 0 Å². The molecule has 0 spiro atoms. The predicted molar refractivity (Wildman–Crippen MR) is 206 cm³/mol. The van der Waals surface area contributed by atoms with Crippen molar-refractivity contribution in [3.05, 3.63) is 170 Å². The number of hydrogen-bond donors (Lipinski definition) is 0. The smallest absolute Gasteiger partial charge is 0.147 e. The van der Waals surface area contributed by atoms with Gasteiger partial charge in [-0.25, -0.2) is 4.98 Å². The average molecular weight is 621 g/mol. The molecule has 0 saturated heterocycles. The molecule has 0 N–H and O–H groups in total. The van der Waals surface area contributed by atoms with Crippen LogP contribution in [-0.4, -0.2) is 9.38 Å². The average Bonchev–Trinajstić information content (AvgIpc) is 3.73. The van der Waals surface area contributed by atoms with E-state index < -0.39 is 0 Å². The highest BCUT2D eigenvalue weighted by atomic mass is 15.0. The van der Waals surface area contributed by atoms with Gasteiger partial charge < -0.3 is 0 Å². The van der Waals surface area contributed by atoms with Crippen molar-refractivity contribution < 1.29 is 0 Å². The maximum absolute atomic E-state index is 5.56. The third-order valence-electron chi connectivity index (χ3n) is 10.5. The second-order valence-electron chi connectivity index (χ2n) is 13.1. The molecule has 2 heterocycles. The minimum absolute atomic E-state index is 0.977. The van der Waals surface area contributed by atoms with E-state index in [-0.39, 0.29) is 0 Å². The standard InChI is InChI=1S/C47H28N2/c1-3-13-30(14-4-1)45-46(31-15-5-2-6-16-31)49-42-28-32(23-24-37(42)41-25-22-29-12-7-8-17-34(29)44(41)47(49)48-45)33-26-27-40-36-19-10-9-18-35(36)39-21-11-20-38(33)43(39)40/h1-28H. The van der Waals surface area contributed by atoms with Crippen molar-refractivity contribution in [2.45, 2.75) is 0 Å². The highest BCUT2D eigenvalue weighted by Crippen LogP contribution is 2.50. The highest BCUT2D eigenvalue weighted by Gasteiger charge is 2.24. The van der Waals surface area contributed by atoms with E-state index in [9.17, 15) is 0 Å². The van der Waals surface area contributed by atoms with E-state index in [1.807, 2.05) is 0 Å². The fraction of sp³-hybridized carbons (Fsp3) is 0. The summed E-state index contributed by atoms with van der Waals surface area (Å²) >= 11 is 0. The maximum atomic E-state index is 5.56. The Kier molecular flexibility index (Phi) is 5.42. The van der Waals surface area contributed by atoms with Crippen LogP contribution in [0.4, 0.5) is 0 Å². The second-order valence-corrected chi connectivity index (χ2v) is 13.1. The van der Waals surface area contributed by atoms with Crippen LogP contribution in [0.15, 0.2) is 170 Å². The van der Waals surface area contributed by atoms with E-state index in [2.05, 4.69) is 174 Å². The van der Waals surface area contributed by atoms with Crippen LogP contribution in [0.3, 0.4) is 0 Å². The largest absolute Gasteiger partial charge is 0.291 e. The summed E-state index contributed by atoms with van der Waals surface area (Å²) in [4.78, 5) is 5.56. The number of rotatable bonds is 3. The van der Waals surface area contributed by atoms with Crippen LogP contribution in [0.2, 0.25) is 0 Å². The van der Waals surface area contributed by atoms with Gasteiger partial charge in [-0.1, -0.05) is 164 Å². The summed E-state index contributed by atoms with van der Waals surface area (Å²) in [5.74, 6) is 0. The molecule has 0 atom stereocenters. The van der Waals surface area contributed by atoms with Gasteiger partial charge in [0.05, 0.1) is 16.9 Å². The molecule has 49 heavy (non-hydrogen) atoms. The van der Waals surface area contributed by atoms with Crippen LogP contribution in [0.1, 0.15) is 0 Å². The van der Waals surface area contributed by atoms with Gasteiger partial charge >= 0.3 is 0 Å². The Hall–Kier alpha value is -6.51. The third kappa shape index (κ3) is 3.69. The van der Waals surface area contributed by atoms with Gasteiger partial charge in [-0.2, -0.15) is 0 Å². The Morgan fingerprint density at radius 3 is 1.82 bits per heavy atom. The molecule has 2 nitrogen and oxygen atoms in total. The van der Waals surface area contributed by atoms with Crippen LogP contribution in [0.25, 0.3) is 105 Å². The number of nitrogens with zero attached hydrogens (tertiary/aromatic N) is 2. The first-order chi connectivity index (χ1) is 24.3. The number of imidazole rings is 1. The fourth-order valence-corrected chi connectivity index (χ4v) is 8.39. The summed E-state index contributed by atoms with van der Waals surface area (Å²) in [6, 6.07) is 61.8. The first-order valence-corrected chi connectivity index (χ1v) is 16.9. The molecule has 0 saturated carbocycles. The van der Waals surface area contributed by atoms with Crippen molar-refractivity contribution in [3.63, 3.8) is 0 Å². The molecule has 2 aromatic heterocycles. The molecule has 0 radical (unpaired) electrons. The maximum Gasteiger partial charge on any atom is 0.147 e. The number of aromatic nitrogens is 2. The van der Waals surface area contributed by atoms with Gasteiger partial charge in [-0.15, -0.1) is 0 Å². The first-order valence-electron chi connectivity index (χ1n) is 16.9. The molecule has 0 amide bonds. The molecule has 10 aromatic rings. The van der Waals surface area contributed by atoms with E-state index in [0.717, 1.165) is 33.7 Å². The Morgan fingerprint density at radius 2 is 1.00 bits per heavy atom. The van der Waals surface area contributed by atoms with E-state index in [0.29, 0.717) is 0 Å². The zero-order valence-corrected chi connectivity index (χ0v) is 26.6. The molecule has 1 aliphatic carbocycles. The van der Waals surface area contributed by atoms with Crippen LogP contribution < -0.4 is 0 Å². The summed E-state index contributed by atoms with van der Waals surface area (Å²) in [6.07, 6.45) is 0. The predicted octanol–water partition coefficient (Wildman–Crippen LogP) is 12.6. The summed E-state index contributed by atoms with van der Waals surface area (Å²) in [5, 5.41) is 8.67. The van der Waals surface area contributed by atoms with Crippen LogP contribution in [0.5, 0.6) is 0 Å². The van der Waals surface area contributed by atoms with Gasteiger partial charge in [-0.3, -0.25) is 4.40 Å². The molecule has 0 aliphatic heterocycles. The number of fused-ring (bicyclic) bond motifs is 11. The van der Waals surface area contributed by atoms with Crippen LogP contribution >= 0.6 is 0 Å². The lowest BCUT2D eigenvalue weighted by atomic mass is 9.93. The molecular weight excluding hydrogens is 593 g/mol. The number of benzene rings is 8. The monoisotopic (exact) mass is 620 g/mol. The Balaban J connectivity index is 1.30. The highest BCUT2D eigenvalue weighted by molar-refractivity contribution is 6.24. The van der Waals surface area contributed by atoms with Crippen molar-refractivity contribution in [3.8, 4) is 55.9 Å². The molecular formula is C47H28N2. The van der Waals surface area contributed by atoms with Crippen LogP contribution in [-0.2, 0) is 0 Å². The van der Waals surface area contributed by atoms with Crippen LogP contribution in [0, 0.1) is 0 Å². The first kappa shape index (κ1) is 26.5. The zero-order chi connectivity index (χ0) is 32.1. The minimum atomic E-state index is 0.977. The fourth-order valence-electron chi connectivity index (χ4n) is 8.39. The third-order valence-corrected chi connectivity index (χ3v) is 10.5. The summed E-state index contributed by atoms with van der Waals surface area (Å²) < 4.78 is 2.43. The topological polar surface area (TPSA) is 17.3 Å². The van der Waals surface area contributed by atoms with Gasteiger partial charge in [-0.05, 0) is 66.4 Å². The second kappa shape index (κ2) is 10.00. The van der Waals surface area contributed by atoms with Gasteiger partial charge in [0.2, 0.25) is 0 Å². The van der Waals surface area contributed by atoms with E-state index in [1.165, 1.54) is 71.1 Å². The van der Waals surface area contributed by atoms with Gasteiger partial charge in [0.1, 0.15) is 5.65 Å².